The summed E-state index contributed by atoms with van der Waals surface area (Å²) in [6.07, 6.45) is 3.73. The maximum absolute atomic E-state index is 13.8. The number of halogens is 2. The Morgan fingerprint density at radius 1 is 1.30 bits per heavy atom. The number of likely N-dealkylation sites (tertiary alicyclic amines) is 1. The lowest BCUT2D eigenvalue weighted by Gasteiger charge is -2.33. The van der Waals surface area contributed by atoms with Crippen LogP contribution in [0.2, 0.25) is 0 Å². The van der Waals surface area contributed by atoms with E-state index in [9.17, 15) is 9.50 Å². The number of aliphatic hydroxyl groups excluding tert-OH is 1. The monoisotopic (exact) mass is 492 g/mol. The summed E-state index contributed by atoms with van der Waals surface area (Å²) in [7, 11) is 0. The molecule has 27 heavy (non-hydrogen) atoms. The first-order chi connectivity index (χ1) is 12.6. The van der Waals surface area contributed by atoms with E-state index in [1.54, 1.807) is 18.2 Å². The number of aliphatic hydroxyl groups is 1. The number of piperidine rings is 1. The minimum atomic E-state index is -0.942. The zero-order valence-electron chi connectivity index (χ0n) is 16.5. The van der Waals surface area contributed by atoms with Crippen LogP contribution >= 0.6 is 24.0 Å². The molecule has 1 aromatic rings. The molecule has 0 bridgehead atoms. The molecule has 5 nitrogen and oxygen atoms in total. The Kier molecular flexibility index (Phi) is 11.9. The summed E-state index contributed by atoms with van der Waals surface area (Å²) in [5.74, 6) is 0.294. The van der Waals surface area contributed by atoms with Crippen molar-refractivity contribution in [2.45, 2.75) is 51.7 Å². The van der Waals surface area contributed by atoms with E-state index in [4.69, 9.17) is 0 Å². The lowest BCUT2D eigenvalue weighted by molar-refractivity contribution is 0.181. The SMILES string of the molecule is CCCCN1CCC(NC(=NCC(O)c2ccccc2F)NCC)CC1.I. The Hall–Kier alpha value is -0.930. The number of benzene rings is 1. The van der Waals surface area contributed by atoms with E-state index in [1.807, 2.05) is 6.92 Å². The molecule has 0 amide bonds. The highest BCUT2D eigenvalue weighted by molar-refractivity contribution is 14.0. The number of rotatable bonds is 8. The van der Waals surface area contributed by atoms with Gasteiger partial charge >= 0.3 is 0 Å². The Bertz CT molecular complexity index is 565. The molecule has 0 saturated carbocycles. The summed E-state index contributed by atoms with van der Waals surface area (Å²) in [6, 6.07) is 6.69. The summed E-state index contributed by atoms with van der Waals surface area (Å²) in [6.45, 7) is 8.51. The summed E-state index contributed by atoms with van der Waals surface area (Å²) >= 11 is 0. The van der Waals surface area contributed by atoms with Gasteiger partial charge < -0.3 is 20.6 Å². The zero-order chi connectivity index (χ0) is 18.8. The van der Waals surface area contributed by atoms with Crippen LogP contribution in [-0.4, -0.2) is 54.7 Å². The molecule has 1 saturated heterocycles. The van der Waals surface area contributed by atoms with Gasteiger partial charge in [-0.2, -0.15) is 0 Å². The topological polar surface area (TPSA) is 59.9 Å². The molecule has 1 atom stereocenters. The van der Waals surface area contributed by atoms with Gasteiger partial charge in [-0.15, -0.1) is 24.0 Å². The van der Waals surface area contributed by atoms with Crippen molar-refractivity contribution in [1.82, 2.24) is 15.5 Å². The van der Waals surface area contributed by atoms with Crippen molar-refractivity contribution in [2.24, 2.45) is 4.99 Å². The van der Waals surface area contributed by atoms with Gasteiger partial charge in [0.1, 0.15) is 11.9 Å². The smallest absolute Gasteiger partial charge is 0.191 e. The normalized spacial score (nSPS) is 17.3. The number of hydrogen-bond acceptors (Lipinski definition) is 3. The first-order valence-electron chi connectivity index (χ1n) is 9.83. The van der Waals surface area contributed by atoms with Gasteiger partial charge in [0, 0.05) is 31.2 Å². The molecule has 1 fully saturated rings. The van der Waals surface area contributed by atoms with E-state index < -0.39 is 11.9 Å². The highest BCUT2D eigenvalue weighted by atomic mass is 127. The number of unbranched alkanes of at least 4 members (excludes halogenated alkanes) is 1. The van der Waals surface area contributed by atoms with Crippen molar-refractivity contribution in [1.29, 1.82) is 0 Å². The van der Waals surface area contributed by atoms with E-state index in [1.165, 1.54) is 25.5 Å². The number of aliphatic imine (C=N–C) groups is 1. The third-order valence-electron chi connectivity index (χ3n) is 4.79. The maximum atomic E-state index is 13.8. The lowest BCUT2D eigenvalue weighted by Crippen LogP contribution is -2.48. The number of nitrogens with one attached hydrogen (secondary N) is 2. The molecule has 0 aliphatic carbocycles. The molecular weight excluding hydrogens is 458 g/mol. The van der Waals surface area contributed by atoms with Gasteiger partial charge in [0.2, 0.25) is 0 Å². The van der Waals surface area contributed by atoms with Gasteiger partial charge in [0.05, 0.1) is 6.54 Å². The Morgan fingerprint density at radius 2 is 2.00 bits per heavy atom. The second kappa shape index (κ2) is 13.3. The fraction of sp³-hybridized carbons (Fsp3) is 0.650. The van der Waals surface area contributed by atoms with Crippen LogP contribution in [0.15, 0.2) is 29.3 Å². The lowest BCUT2D eigenvalue weighted by atomic mass is 10.0. The molecule has 0 radical (unpaired) electrons. The van der Waals surface area contributed by atoms with Crippen molar-refractivity contribution < 1.29 is 9.50 Å². The van der Waals surface area contributed by atoms with Gasteiger partial charge in [-0.3, -0.25) is 4.99 Å². The summed E-state index contributed by atoms with van der Waals surface area (Å²) in [4.78, 5) is 6.98. The molecule has 1 aromatic carbocycles. The van der Waals surface area contributed by atoms with Gasteiger partial charge in [-0.05, 0) is 38.8 Å². The van der Waals surface area contributed by atoms with Crippen LogP contribution in [0.25, 0.3) is 0 Å². The highest BCUT2D eigenvalue weighted by Gasteiger charge is 2.20. The number of hydrogen-bond donors (Lipinski definition) is 3. The molecule has 1 aliphatic rings. The fourth-order valence-corrected chi connectivity index (χ4v) is 3.22. The molecule has 1 unspecified atom stereocenters. The second-order valence-corrected chi connectivity index (χ2v) is 6.87. The van der Waals surface area contributed by atoms with E-state index in [0.717, 1.165) is 32.5 Å². The highest BCUT2D eigenvalue weighted by Crippen LogP contribution is 2.17. The molecule has 0 aromatic heterocycles. The minimum absolute atomic E-state index is 0. The van der Waals surface area contributed by atoms with Gasteiger partial charge in [0.15, 0.2) is 5.96 Å². The Morgan fingerprint density at radius 3 is 2.63 bits per heavy atom. The summed E-state index contributed by atoms with van der Waals surface area (Å²) in [5.41, 5.74) is 0.288. The molecule has 0 spiro atoms. The molecule has 7 heteroatoms. The third kappa shape index (κ3) is 8.31. The van der Waals surface area contributed by atoms with Crippen molar-refractivity contribution in [2.75, 3.05) is 32.7 Å². The van der Waals surface area contributed by atoms with Crippen molar-refractivity contribution in [3.8, 4) is 0 Å². The first kappa shape index (κ1) is 24.1. The Balaban J connectivity index is 0.00000364. The van der Waals surface area contributed by atoms with E-state index in [-0.39, 0.29) is 36.1 Å². The largest absolute Gasteiger partial charge is 0.386 e. The maximum Gasteiger partial charge on any atom is 0.191 e. The van der Waals surface area contributed by atoms with Gasteiger partial charge in [-0.1, -0.05) is 31.5 Å². The quantitative estimate of drug-likeness (QED) is 0.296. The van der Waals surface area contributed by atoms with Gasteiger partial charge in [-0.25, -0.2) is 4.39 Å². The van der Waals surface area contributed by atoms with Crippen molar-refractivity contribution in [3.05, 3.63) is 35.6 Å². The van der Waals surface area contributed by atoms with Crippen molar-refractivity contribution >= 4 is 29.9 Å². The van der Waals surface area contributed by atoms with Crippen LogP contribution in [0.1, 0.15) is 51.2 Å². The van der Waals surface area contributed by atoms with E-state index >= 15 is 0 Å². The van der Waals surface area contributed by atoms with Crippen LogP contribution in [-0.2, 0) is 0 Å². The second-order valence-electron chi connectivity index (χ2n) is 6.87. The average Bonchev–Trinajstić information content (AvgIpc) is 2.66. The number of guanidine groups is 1. The molecule has 2 rings (SSSR count). The van der Waals surface area contributed by atoms with Crippen LogP contribution in [0, 0.1) is 5.82 Å². The molecular formula is C20H34FIN4O. The predicted molar refractivity (Wildman–Crippen MR) is 120 cm³/mol. The Labute approximate surface area is 179 Å². The predicted octanol–water partition coefficient (Wildman–Crippen LogP) is 3.30. The van der Waals surface area contributed by atoms with E-state index in [2.05, 4.69) is 27.4 Å². The van der Waals surface area contributed by atoms with Gasteiger partial charge in [0.25, 0.3) is 0 Å². The fourth-order valence-electron chi connectivity index (χ4n) is 3.22. The van der Waals surface area contributed by atoms with Crippen LogP contribution in [0.5, 0.6) is 0 Å². The number of nitrogens with zero attached hydrogens (tertiary/aromatic N) is 2. The molecule has 3 N–H and O–H groups in total. The minimum Gasteiger partial charge on any atom is -0.386 e. The zero-order valence-corrected chi connectivity index (χ0v) is 18.8. The average molecular weight is 492 g/mol. The molecule has 1 aliphatic heterocycles. The van der Waals surface area contributed by atoms with Crippen LogP contribution in [0.3, 0.4) is 0 Å². The first-order valence-corrected chi connectivity index (χ1v) is 9.83. The van der Waals surface area contributed by atoms with Crippen molar-refractivity contribution in [3.63, 3.8) is 0 Å². The summed E-state index contributed by atoms with van der Waals surface area (Å²) in [5, 5.41) is 16.9. The van der Waals surface area contributed by atoms with Crippen LogP contribution < -0.4 is 10.6 Å². The third-order valence-corrected chi connectivity index (χ3v) is 4.79. The molecule has 1 heterocycles. The standard InChI is InChI=1S/C20H33FN4O.HI/c1-3-5-12-25-13-10-16(11-14-25)24-20(22-4-2)23-15-19(26)17-8-6-7-9-18(17)21;/h6-9,16,19,26H,3-5,10-15H2,1-2H3,(H2,22,23,24);1H. The van der Waals surface area contributed by atoms with Crippen LogP contribution in [0.4, 0.5) is 4.39 Å². The van der Waals surface area contributed by atoms with E-state index in [0.29, 0.717) is 12.0 Å². The molecule has 154 valence electrons. The summed E-state index contributed by atoms with van der Waals surface area (Å²) < 4.78 is 13.8.